The third-order valence-corrected chi connectivity index (χ3v) is 1.24. The smallest absolute Gasteiger partial charge is 0.148 e. The van der Waals surface area contributed by atoms with Crippen LogP contribution in [0.15, 0.2) is 6.33 Å². The van der Waals surface area contributed by atoms with Gasteiger partial charge in [0.1, 0.15) is 12.1 Å². The molecule has 0 bridgehead atoms. The van der Waals surface area contributed by atoms with Crippen LogP contribution in [-0.2, 0) is 11.3 Å². The lowest BCUT2D eigenvalue weighted by Gasteiger charge is -1.95. The van der Waals surface area contributed by atoms with Gasteiger partial charge < -0.3 is 5.73 Å². The van der Waals surface area contributed by atoms with Crippen LogP contribution in [0.2, 0.25) is 0 Å². The van der Waals surface area contributed by atoms with Gasteiger partial charge in [0.25, 0.3) is 0 Å². The summed E-state index contributed by atoms with van der Waals surface area (Å²) in [4.78, 5) is 10.7. The molecule has 1 aromatic heterocycles. The zero-order valence-electron chi connectivity index (χ0n) is 5.97. The highest BCUT2D eigenvalue weighted by Gasteiger charge is 1.98. The standard InChI is InChI=1S/C5H9N5O/c6-3-5(11)1-2-10-4-7-8-9-10/h4H,1-3,6H2. The Morgan fingerprint density at radius 3 is 3.00 bits per heavy atom. The van der Waals surface area contributed by atoms with E-state index in [1.807, 2.05) is 0 Å². The molecule has 0 saturated heterocycles. The SMILES string of the molecule is NCC(=O)CCn1cnnn1. The molecular formula is C5H9N5O. The molecule has 0 fully saturated rings. The van der Waals surface area contributed by atoms with Gasteiger partial charge in [0.05, 0.1) is 13.1 Å². The van der Waals surface area contributed by atoms with Gasteiger partial charge in [0.15, 0.2) is 0 Å². The molecule has 0 aliphatic heterocycles. The minimum absolute atomic E-state index is 0.0144. The minimum Gasteiger partial charge on any atom is -0.324 e. The minimum atomic E-state index is 0.0144. The monoisotopic (exact) mass is 155 g/mol. The van der Waals surface area contributed by atoms with Gasteiger partial charge in [-0.1, -0.05) is 0 Å². The maximum Gasteiger partial charge on any atom is 0.148 e. The summed E-state index contributed by atoms with van der Waals surface area (Å²) < 4.78 is 1.49. The molecule has 0 aliphatic carbocycles. The number of nitrogens with two attached hydrogens (primary N) is 1. The Labute approximate surface area is 63.4 Å². The first kappa shape index (κ1) is 7.80. The first-order valence-corrected chi connectivity index (χ1v) is 3.25. The van der Waals surface area contributed by atoms with Gasteiger partial charge in [0.2, 0.25) is 0 Å². The van der Waals surface area contributed by atoms with Crippen LogP contribution in [0, 0.1) is 0 Å². The molecule has 60 valence electrons. The lowest BCUT2D eigenvalue weighted by atomic mass is 10.3. The van der Waals surface area contributed by atoms with E-state index in [2.05, 4.69) is 15.5 Å². The summed E-state index contributed by atoms with van der Waals surface area (Å²) in [5.74, 6) is 0.0144. The molecule has 0 radical (unpaired) electrons. The van der Waals surface area contributed by atoms with E-state index in [1.54, 1.807) is 0 Å². The fraction of sp³-hybridized carbons (Fsp3) is 0.600. The fourth-order valence-electron chi connectivity index (χ4n) is 0.624. The summed E-state index contributed by atoms with van der Waals surface area (Å²) >= 11 is 0. The third-order valence-electron chi connectivity index (χ3n) is 1.24. The average molecular weight is 155 g/mol. The summed E-state index contributed by atoms with van der Waals surface area (Å²) in [7, 11) is 0. The van der Waals surface area contributed by atoms with E-state index in [4.69, 9.17) is 5.73 Å². The number of rotatable bonds is 4. The summed E-state index contributed by atoms with van der Waals surface area (Å²) in [5.41, 5.74) is 5.10. The maximum atomic E-state index is 10.7. The molecule has 0 atom stereocenters. The Kier molecular flexibility index (Phi) is 2.67. The first-order valence-electron chi connectivity index (χ1n) is 3.25. The van der Waals surface area contributed by atoms with Crippen molar-refractivity contribution < 1.29 is 4.79 Å². The highest BCUT2D eigenvalue weighted by Crippen LogP contribution is 1.85. The highest BCUT2D eigenvalue weighted by atomic mass is 16.1. The van der Waals surface area contributed by atoms with Crippen LogP contribution >= 0.6 is 0 Å². The zero-order chi connectivity index (χ0) is 8.10. The van der Waals surface area contributed by atoms with E-state index in [9.17, 15) is 4.79 Å². The molecule has 1 rings (SSSR count). The van der Waals surface area contributed by atoms with Crippen molar-refractivity contribution >= 4 is 5.78 Å². The van der Waals surface area contributed by atoms with Crippen molar-refractivity contribution in [1.29, 1.82) is 0 Å². The topological polar surface area (TPSA) is 86.7 Å². The van der Waals surface area contributed by atoms with Gasteiger partial charge in [-0.3, -0.25) is 4.79 Å². The van der Waals surface area contributed by atoms with E-state index in [1.165, 1.54) is 11.0 Å². The highest BCUT2D eigenvalue weighted by molar-refractivity contribution is 5.80. The Morgan fingerprint density at radius 1 is 1.64 bits per heavy atom. The molecule has 0 unspecified atom stereocenters. The normalized spacial score (nSPS) is 9.91. The molecule has 0 saturated carbocycles. The van der Waals surface area contributed by atoms with Crippen LogP contribution in [0.4, 0.5) is 0 Å². The molecule has 11 heavy (non-hydrogen) atoms. The van der Waals surface area contributed by atoms with E-state index in [0.29, 0.717) is 13.0 Å². The second kappa shape index (κ2) is 3.77. The van der Waals surface area contributed by atoms with Crippen molar-refractivity contribution in [3.05, 3.63) is 6.33 Å². The molecule has 1 aromatic rings. The van der Waals surface area contributed by atoms with Crippen LogP contribution in [0.1, 0.15) is 6.42 Å². The Bertz CT molecular complexity index is 219. The number of tetrazole rings is 1. The molecular weight excluding hydrogens is 146 g/mol. The average Bonchev–Trinajstić information content (AvgIpc) is 2.52. The van der Waals surface area contributed by atoms with Crippen molar-refractivity contribution in [1.82, 2.24) is 20.2 Å². The Morgan fingerprint density at radius 2 is 2.45 bits per heavy atom. The van der Waals surface area contributed by atoms with Gasteiger partial charge >= 0.3 is 0 Å². The molecule has 6 nitrogen and oxygen atoms in total. The summed E-state index contributed by atoms with van der Waals surface area (Å²) in [5, 5.41) is 10.4. The lowest BCUT2D eigenvalue weighted by Crippen LogP contribution is -2.15. The number of carbonyl (C=O) groups is 1. The van der Waals surface area contributed by atoms with Crippen molar-refractivity contribution in [3.63, 3.8) is 0 Å². The van der Waals surface area contributed by atoms with Gasteiger partial charge in [-0.2, -0.15) is 0 Å². The number of hydrogen-bond donors (Lipinski definition) is 1. The number of nitrogens with zero attached hydrogens (tertiary/aromatic N) is 4. The van der Waals surface area contributed by atoms with Crippen molar-refractivity contribution in [2.45, 2.75) is 13.0 Å². The Balaban J connectivity index is 2.29. The second-order valence-electron chi connectivity index (χ2n) is 2.07. The maximum absolute atomic E-state index is 10.7. The molecule has 6 heteroatoms. The quantitative estimate of drug-likeness (QED) is 0.577. The molecule has 0 aliphatic rings. The predicted octanol–water partition coefficient (Wildman–Crippen LogP) is -1.41. The first-order chi connectivity index (χ1) is 5.33. The van der Waals surface area contributed by atoms with Crippen LogP contribution in [0.5, 0.6) is 0 Å². The fourth-order valence-corrected chi connectivity index (χ4v) is 0.624. The van der Waals surface area contributed by atoms with Crippen molar-refractivity contribution in [2.24, 2.45) is 5.73 Å². The zero-order valence-corrected chi connectivity index (χ0v) is 5.97. The number of carbonyl (C=O) groups excluding carboxylic acids is 1. The lowest BCUT2D eigenvalue weighted by molar-refractivity contribution is -0.118. The van der Waals surface area contributed by atoms with E-state index in [-0.39, 0.29) is 12.3 Å². The molecule has 1 heterocycles. The Hall–Kier alpha value is -1.30. The number of aromatic nitrogens is 4. The van der Waals surface area contributed by atoms with E-state index in [0.717, 1.165) is 0 Å². The largest absolute Gasteiger partial charge is 0.324 e. The van der Waals surface area contributed by atoms with Gasteiger partial charge in [-0.25, -0.2) is 4.68 Å². The van der Waals surface area contributed by atoms with E-state index < -0.39 is 0 Å². The number of ketones is 1. The molecule has 0 amide bonds. The predicted molar refractivity (Wildman–Crippen MR) is 36.5 cm³/mol. The number of Topliss-reactive ketones (excluding diaryl/α,β-unsaturated/α-hetero) is 1. The number of aryl methyl sites for hydroxylation is 1. The van der Waals surface area contributed by atoms with Crippen LogP contribution in [0.25, 0.3) is 0 Å². The molecule has 2 N–H and O–H groups in total. The van der Waals surface area contributed by atoms with Crippen LogP contribution < -0.4 is 5.73 Å². The molecule has 0 aromatic carbocycles. The van der Waals surface area contributed by atoms with Crippen LogP contribution in [-0.4, -0.2) is 32.5 Å². The van der Waals surface area contributed by atoms with Gasteiger partial charge in [-0.15, -0.1) is 5.10 Å². The third kappa shape index (κ3) is 2.42. The van der Waals surface area contributed by atoms with Gasteiger partial charge in [0, 0.05) is 6.42 Å². The number of hydrogen-bond acceptors (Lipinski definition) is 5. The summed E-state index contributed by atoms with van der Waals surface area (Å²) in [6.45, 7) is 0.588. The van der Waals surface area contributed by atoms with E-state index >= 15 is 0 Å². The van der Waals surface area contributed by atoms with Gasteiger partial charge in [-0.05, 0) is 10.4 Å². The van der Waals surface area contributed by atoms with Crippen molar-refractivity contribution in [3.8, 4) is 0 Å². The summed E-state index contributed by atoms with van der Waals surface area (Å²) in [6, 6.07) is 0. The van der Waals surface area contributed by atoms with Crippen LogP contribution in [0.3, 0.4) is 0 Å². The van der Waals surface area contributed by atoms with Crippen molar-refractivity contribution in [2.75, 3.05) is 6.54 Å². The molecule has 0 spiro atoms. The summed E-state index contributed by atoms with van der Waals surface area (Å²) in [6.07, 6.45) is 1.85. The second-order valence-corrected chi connectivity index (χ2v) is 2.07.